The summed E-state index contributed by atoms with van der Waals surface area (Å²) < 4.78 is 133. The molecule has 0 radical (unpaired) electrons. The molecule has 0 bridgehead atoms. The molecule has 1 aliphatic heterocycles. The number of cyclic esters (lactones) is 1. The van der Waals surface area contributed by atoms with Crippen molar-refractivity contribution in [1.82, 2.24) is 4.90 Å². The fourth-order valence-corrected chi connectivity index (χ4v) is 5.98. The second-order valence-corrected chi connectivity index (χ2v) is 12.2. The molecule has 0 N–H and O–H groups in total. The summed E-state index contributed by atoms with van der Waals surface area (Å²) in [5, 5.41) is 0. The third kappa shape index (κ3) is 6.76. The number of hydrogen-bond donors (Lipinski definition) is 0. The Kier molecular flexibility index (Phi) is 8.58. The van der Waals surface area contributed by atoms with E-state index in [1.807, 2.05) is 13.8 Å². The predicted octanol–water partition coefficient (Wildman–Crippen LogP) is 9.19. The molecule has 3 aliphatic rings. The molecule has 4 rings (SSSR count). The minimum atomic E-state index is -5.07. The van der Waals surface area contributed by atoms with Crippen LogP contribution in [0.25, 0.3) is 0 Å². The van der Waals surface area contributed by atoms with Gasteiger partial charge in [-0.1, -0.05) is 32.1 Å². The first-order valence-corrected chi connectivity index (χ1v) is 13.6. The van der Waals surface area contributed by atoms with Crippen LogP contribution in [0.5, 0.6) is 0 Å². The smallest absolute Gasteiger partial charge is 0.416 e. The molecule has 1 aromatic carbocycles. The van der Waals surface area contributed by atoms with E-state index in [4.69, 9.17) is 9.47 Å². The Morgan fingerprint density at radius 1 is 1.00 bits per heavy atom. The zero-order chi connectivity index (χ0) is 32.2. The van der Waals surface area contributed by atoms with Crippen LogP contribution in [-0.4, -0.2) is 43.5 Å². The van der Waals surface area contributed by atoms with Crippen molar-refractivity contribution in [3.8, 4) is 0 Å². The Hall–Kier alpha value is -2.96. The van der Waals surface area contributed by atoms with Gasteiger partial charge in [0.05, 0.1) is 23.8 Å². The van der Waals surface area contributed by atoms with Gasteiger partial charge in [0.15, 0.2) is 0 Å². The van der Waals surface area contributed by atoms with Gasteiger partial charge in [0, 0.05) is 13.7 Å². The highest BCUT2D eigenvalue weighted by Gasteiger charge is 2.53. The van der Waals surface area contributed by atoms with Crippen LogP contribution in [0.15, 0.2) is 53.1 Å². The number of hydrogen-bond acceptors (Lipinski definition) is 3. The number of allylic oxidation sites excluding steroid dienone is 4. The van der Waals surface area contributed by atoms with Crippen molar-refractivity contribution in [3.63, 3.8) is 0 Å². The highest BCUT2D eigenvalue weighted by Crippen LogP contribution is 2.49. The SMILES string of the molecule is COCC1(C(F)(F)F)C=CC(C2=C(CN3C(=O)O[C@H](c4cc(C(F)(F)F)cc(C(F)(F)F)c4)[C@@H]3C)CC(C)(C)CC2)=CC1. The maximum Gasteiger partial charge on any atom is 0.416 e. The average molecular weight is 626 g/mol. The van der Waals surface area contributed by atoms with E-state index in [1.165, 1.54) is 31.1 Å². The summed E-state index contributed by atoms with van der Waals surface area (Å²) in [5.74, 6) is 0. The Morgan fingerprint density at radius 2 is 1.60 bits per heavy atom. The van der Waals surface area contributed by atoms with Crippen molar-refractivity contribution >= 4 is 6.09 Å². The maximum absolute atomic E-state index is 13.9. The first kappa shape index (κ1) is 32.9. The van der Waals surface area contributed by atoms with Crippen molar-refractivity contribution < 1.29 is 53.8 Å². The van der Waals surface area contributed by atoms with E-state index in [2.05, 4.69) is 0 Å². The molecule has 4 nitrogen and oxygen atoms in total. The molecule has 1 saturated heterocycles. The number of benzene rings is 1. The van der Waals surface area contributed by atoms with Crippen molar-refractivity contribution in [2.45, 2.75) is 77.1 Å². The number of nitrogens with zero attached hydrogens (tertiary/aromatic N) is 1. The summed E-state index contributed by atoms with van der Waals surface area (Å²) >= 11 is 0. The summed E-state index contributed by atoms with van der Waals surface area (Å²) in [7, 11) is 1.19. The van der Waals surface area contributed by atoms with Crippen molar-refractivity contribution in [3.05, 3.63) is 69.8 Å². The van der Waals surface area contributed by atoms with E-state index in [0.717, 1.165) is 17.2 Å². The zero-order valence-corrected chi connectivity index (χ0v) is 23.9. The van der Waals surface area contributed by atoms with E-state index < -0.39 is 65.5 Å². The lowest BCUT2D eigenvalue weighted by atomic mass is 9.71. The fraction of sp³-hybridized carbons (Fsp3) is 0.567. The molecule has 13 heteroatoms. The topological polar surface area (TPSA) is 38.8 Å². The lowest BCUT2D eigenvalue weighted by Gasteiger charge is -2.38. The average Bonchev–Trinajstić information content (AvgIpc) is 3.15. The molecule has 0 aromatic heterocycles. The van der Waals surface area contributed by atoms with Crippen LogP contribution >= 0.6 is 0 Å². The van der Waals surface area contributed by atoms with Gasteiger partial charge >= 0.3 is 24.6 Å². The highest BCUT2D eigenvalue weighted by molar-refractivity contribution is 5.71. The number of rotatable bonds is 6. The summed E-state index contributed by atoms with van der Waals surface area (Å²) in [4.78, 5) is 14.2. The number of ether oxygens (including phenoxy) is 2. The van der Waals surface area contributed by atoms with Gasteiger partial charge in [-0.05, 0) is 78.5 Å². The largest absolute Gasteiger partial charge is 0.439 e. The molecule has 0 saturated carbocycles. The molecule has 3 atom stereocenters. The molecular formula is C30H32F9NO3. The zero-order valence-electron chi connectivity index (χ0n) is 23.9. The Bertz CT molecular complexity index is 1310. The van der Waals surface area contributed by atoms with Gasteiger partial charge in [-0.2, -0.15) is 39.5 Å². The van der Waals surface area contributed by atoms with Crippen LogP contribution in [-0.2, 0) is 21.8 Å². The number of carbonyl (C=O) groups is 1. The third-order valence-electron chi connectivity index (χ3n) is 8.45. The second-order valence-electron chi connectivity index (χ2n) is 12.2. The van der Waals surface area contributed by atoms with Crippen molar-refractivity contribution in [1.29, 1.82) is 0 Å². The normalized spacial score (nSPS) is 26.6. The first-order valence-electron chi connectivity index (χ1n) is 13.6. The van der Waals surface area contributed by atoms with Gasteiger partial charge in [0.25, 0.3) is 0 Å². The minimum absolute atomic E-state index is 0.00935. The molecule has 238 valence electrons. The molecule has 1 aromatic rings. The Labute approximate surface area is 243 Å². The highest BCUT2D eigenvalue weighted by atomic mass is 19.4. The van der Waals surface area contributed by atoms with Gasteiger partial charge in [-0.3, -0.25) is 4.90 Å². The van der Waals surface area contributed by atoms with Crippen LogP contribution in [0.4, 0.5) is 44.3 Å². The fourth-order valence-electron chi connectivity index (χ4n) is 5.98. The molecular weight excluding hydrogens is 593 g/mol. The molecule has 1 amide bonds. The number of halogens is 9. The van der Waals surface area contributed by atoms with Crippen LogP contribution in [0.3, 0.4) is 0 Å². The standard InChI is InChI=1S/C30H32F9NO3/c1-17-24(19-11-21(28(31,32)33)13-22(12-19)29(34,35)36)43-25(41)40(17)15-20-14-26(2,3)8-7-23(20)18-5-9-27(10-6-18,16-42-4)30(37,38)39/h5-6,9,11-13,17,24H,7-8,10,14-16H2,1-4H3/t17-,24-,27?/m0/s1. The summed E-state index contributed by atoms with van der Waals surface area (Å²) in [6.07, 6.45) is -11.7. The minimum Gasteiger partial charge on any atom is -0.439 e. The van der Waals surface area contributed by atoms with E-state index in [-0.39, 0.29) is 24.4 Å². The molecule has 1 unspecified atom stereocenters. The monoisotopic (exact) mass is 625 g/mol. The van der Waals surface area contributed by atoms with Crippen molar-refractivity contribution in [2.75, 3.05) is 20.3 Å². The number of amides is 1. The van der Waals surface area contributed by atoms with Gasteiger partial charge in [-0.25, -0.2) is 4.79 Å². The van der Waals surface area contributed by atoms with Gasteiger partial charge < -0.3 is 9.47 Å². The Balaban J connectivity index is 1.67. The van der Waals surface area contributed by atoms with E-state index >= 15 is 0 Å². The summed E-state index contributed by atoms with van der Waals surface area (Å²) in [5.41, 5.74) is -3.81. The third-order valence-corrected chi connectivity index (χ3v) is 8.45. The number of methoxy groups -OCH3 is 1. The molecule has 1 heterocycles. The first-order chi connectivity index (χ1) is 19.7. The lowest BCUT2D eigenvalue weighted by Crippen LogP contribution is -2.41. The van der Waals surface area contributed by atoms with Crippen LogP contribution in [0, 0.1) is 10.8 Å². The predicted molar refractivity (Wildman–Crippen MR) is 139 cm³/mol. The molecule has 43 heavy (non-hydrogen) atoms. The van der Waals surface area contributed by atoms with E-state index in [1.54, 1.807) is 0 Å². The van der Waals surface area contributed by atoms with Gasteiger partial charge in [0.2, 0.25) is 0 Å². The lowest BCUT2D eigenvalue weighted by molar-refractivity contribution is -0.218. The number of carbonyl (C=O) groups excluding carboxylic acids is 1. The van der Waals surface area contributed by atoms with Crippen LogP contribution in [0.1, 0.15) is 69.2 Å². The van der Waals surface area contributed by atoms with E-state index in [0.29, 0.717) is 37.0 Å². The summed E-state index contributed by atoms with van der Waals surface area (Å²) in [6.45, 7) is 4.86. The van der Waals surface area contributed by atoms with Crippen LogP contribution in [0.2, 0.25) is 0 Å². The molecule has 1 fully saturated rings. The molecule has 2 aliphatic carbocycles. The quantitative estimate of drug-likeness (QED) is 0.296. The van der Waals surface area contributed by atoms with Crippen molar-refractivity contribution in [2.24, 2.45) is 10.8 Å². The molecule has 0 spiro atoms. The maximum atomic E-state index is 13.9. The van der Waals surface area contributed by atoms with Crippen LogP contribution < -0.4 is 0 Å². The Morgan fingerprint density at radius 3 is 2.09 bits per heavy atom. The summed E-state index contributed by atoms with van der Waals surface area (Å²) in [6, 6.07) is 0.166. The van der Waals surface area contributed by atoms with Gasteiger partial charge in [-0.15, -0.1) is 0 Å². The van der Waals surface area contributed by atoms with E-state index in [9.17, 15) is 44.3 Å². The van der Waals surface area contributed by atoms with Gasteiger partial charge in [0.1, 0.15) is 11.5 Å². The second kappa shape index (κ2) is 11.2. The number of alkyl halides is 9.